The van der Waals surface area contributed by atoms with Crippen molar-refractivity contribution in [3.8, 4) is 11.5 Å². The molecule has 0 aliphatic carbocycles. The van der Waals surface area contributed by atoms with E-state index < -0.39 is 15.7 Å². The molecule has 1 saturated heterocycles. The Morgan fingerprint density at radius 1 is 1.27 bits per heavy atom. The molecule has 140 valence electrons. The van der Waals surface area contributed by atoms with E-state index >= 15 is 0 Å². The van der Waals surface area contributed by atoms with Crippen LogP contribution in [0.5, 0.6) is 11.5 Å². The smallest absolute Gasteiger partial charge is 0.276 e. The third kappa shape index (κ3) is 3.67. The molecule has 1 aliphatic rings. The van der Waals surface area contributed by atoms with E-state index in [9.17, 15) is 13.2 Å². The predicted octanol–water partition coefficient (Wildman–Crippen LogP) is 1.82. The number of rotatable bonds is 5. The molecule has 1 amide bonds. The highest BCUT2D eigenvalue weighted by Crippen LogP contribution is 2.30. The van der Waals surface area contributed by atoms with Crippen molar-refractivity contribution >= 4 is 21.4 Å². The normalized spacial score (nSPS) is 18.5. The first-order valence-corrected chi connectivity index (χ1v) is 9.95. The molecule has 0 spiro atoms. The van der Waals surface area contributed by atoms with Gasteiger partial charge >= 0.3 is 0 Å². The number of hydrogen-bond acceptors (Lipinski definition) is 6. The molecule has 0 radical (unpaired) electrons. The van der Waals surface area contributed by atoms with Crippen LogP contribution in [0.2, 0.25) is 0 Å². The van der Waals surface area contributed by atoms with Crippen LogP contribution in [0, 0.1) is 6.92 Å². The van der Waals surface area contributed by atoms with Crippen LogP contribution in [0.3, 0.4) is 0 Å². The summed E-state index contributed by atoms with van der Waals surface area (Å²) in [4.78, 5) is 12.6. The number of anilines is 1. The van der Waals surface area contributed by atoms with Gasteiger partial charge in [-0.25, -0.2) is 8.42 Å². The van der Waals surface area contributed by atoms with Gasteiger partial charge in [0, 0.05) is 11.8 Å². The summed E-state index contributed by atoms with van der Waals surface area (Å²) < 4.78 is 35.4. The van der Waals surface area contributed by atoms with Crippen molar-refractivity contribution in [3.05, 3.63) is 35.7 Å². The number of carbonyl (C=O) groups excluding carboxylic acids is 1. The van der Waals surface area contributed by atoms with Crippen molar-refractivity contribution < 1.29 is 22.7 Å². The number of nitrogens with zero attached hydrogens (tertiary/aromatic N) is 2. The Labute approximate surface area is 152 Å². The van der Waals surface area contributed by atoms with Crippen LogP contribution in [0.1, 0.15) is 28.6 Å². The summed E-state index contributed by atoms with van der Waals surface area (Å²) in [5.74, 6) is 0.884. The van der Waals surface area contributed by atoms with Gasteiger partial charge in [-0.15, -0.1) is 0 Å². The second-order valence-electron chi connectivity index (χ2n) is 6.19. The maximum absolute atomic E-state index is 12.6. The molecule has 26 heavy (non-hydrogen) atoms. The first kappa shape index (κ1) is 18.2. The van der Waals surface area contributed by atoms with Crippen molar-refractivity contribution in [2.75, 3.05) is 31.0 Å². The molecule has 1 atom stereocenters. The zero-order chi connectivity index (χ0) is 18.9. The van der Waals surface area contributed by atoms with E-state index in [1.165, 1.54) is 14.2 Å². The van der Waals surface area contributed by atoms with E-state index in [0.29, 0.717) is 23.6 Å². The Bertz CT molecular complexity index is 936. The number of benzene rings is 1. The van der Waals surface area contributed by atoms with Crippen molar-refractivity contribution in [3.63, 3.8) is 0 Å². The number of nitrogens with one attached hydrogen (secondary N) is 1. The summed E-state index contributed by atoms with van der Waals surface area (Å²) >= 11 is 0. The standard InChI is InChI=1S/C17H21N3O5S/c1-11-8-15(19-20(11)12-6-7-26(22,23)10-12)17(21)18-14-9-13(24-2)4-5-16(14)25-3/h4-5,8-9,12H,6-7,10H2,1-3H3,(H,18,21). The number of hydrogen-bond donors (Lipinski definition) is 1. The fourth-order valence-corrected chi connectivity index (χ4v) is 4.73. The maximum atomic E-state index is 12.6. The number of carbonyl (C=O) groups is 1. The van der Waals surface area contributed by atoms with E-state index in [-0.39, 0.29) is 23.2 Å². The van der Waals surface area contributed by atoms with Gasteiger partial charge in [-0.1, -0.05) is 0 Å². The summed E-state index contributed by atoms with van der Waals surface area (Å²) in [6.45, 7) is 1.81. The summed E-state index contributed by atoms with van der Waals surface area (Å²) in [6.07, 6.45) is 0.510. The first-order chi connectivity index (χ1) is 12.3. The highest BCUT2D eigenvalue weighted by Gasteiger charge is 2.31. The van der Waals surface area contributed by atoms with Gasteiger partial charge < -0.3 is 14.8 Å². The van der Waals surface area contributed by atoms with Crippen LogP contribution in [-0.2, 0) is 9.84 Å². The Hall–Kier alpha value is -2.55. The third-order valence-corrected chi connectivity index (χ3v) is 6.11. The molecule has 9 heteroatoms. The lowest BCUT2D eigenvalue weighted by atomic mass is 10.2. The minimum atomic E-state index is -3.03. The van der Waals surface area contributed by atoms with Crippen LogP contribution in [0.4, 0.5) is 5.69 Å². The van der Waals surface area contributed by atoms with E-state index in [0.717, 1.165) is 5.69 Å². The quantitative estimate of drug-likeness (QED) is 0.851. The Balaban J connectivity index is 1.82. The molecular formula is C17H21N3O5S. The summed E-state index contributed by atoms with van der Waals surface area (Å²) in [7, 11) is 0.0182. The van der Waals surface area contributed by atoms with Crippen LogP contribution >= 0.6 is 0 Å². The third-order valence-electron chi connectivity index (χ3n) is 4.36. The van der Waals surface area contributed by atoms with E-state index in [1.807, 2.05) is 0 Å². The average molecular weight is 379 g/mol. The van der Waals surface area contributed by atoms with Gasteiger partial charge in [0.1, 0.15) is 11.5 Å². The second kappa shape index (κ2) is 6.99. The lowest BCUT2D eigenvalue weighted by Gasteiger charge is -2.11. The molecule has 3 rings (SSSR count). The summed E-state index contributed by atoms with van der Waals surface area (Å²) in [5.41, 5.74) is 1.43. The van der Waals surface area contributed by atoms with Crippen LogP contribution < -0.4 is 14.8 Å². The Morgan fingerprint density at radius 3 is 2.65 bits per heavy atom. The van der Waals surface area contributed by atoms with Crippen LogP contribution in [0.25, 0.3) is 0 Å². The number of methoxy groups -OCH3 is 2. The molecule has 1 aromatic carbocycles. The minimum absolute atomic E-state index is 0.0558. The highest BCUT2D eigenvalue weighted by molar-refractivity contribution is 7.91. The van der Waals surface area contributed by atoms with Crippen molar-refractivity contribution in [2.45, 2.75) is 19.4 Å². The molecule has 0 bridgehead atoms. The lowest BCUT2D eigenvalue weighted by molar-refractivity contribution is 0.102. The second-order valence-corrected chi connectivity index (χ2v) is 8.42. The number of amides is 1. The fourth-order valence-electron chi connectivity index (χ4n) is 3.03. The number of aromatic nitrogens is 2. The Kier molecular flexibility index (Phi) is 4.90. The molecule has 1 unspecified atom stereocenters. The SMILES string of the molecule is COc1ccc(OC)c(NC(=O)c2cc(C)n(C3CCS(=O)(=O)C3)n2)c1. The molecule has 8 nitrogen and oxygen atoms in total. The van der Waals surface area contributed by atoms with Crippen molar-refractivity contribution in [1.82, 2.24) is 9.78 Å². The minimum Gasteiger partial charge on any atom is -0.497 e. The highest BCUT2D eigenvalue weighted by atomic mass is 32.2. The largest absolute Gasteiger partial charge is 0.497 e. The van der Waals surface area contributed by atoms with Crippen LogP contribution in [-0.4, -0.2) is 49.8 Å². The van der Waals surface area contributed by atoms with E-state index in [4.69, 9.17) is 9.47 Å². The molecule has 2 heterocycles. The van der Waals surface area contributed by atoms with Crippen molar-refractivity contribution in [1.29, 1.82) is 0 Å². The number of ether oxygens (including phenoxy) is 2. The number of sulfone groups is 1. The lowest BCUT2D eigenvalue weighted by Crippen LogP contribution is -2.17. The van der Waals surface area contributed by atoms with Crippen molar-refractivity contribution in [2.24, 2.45) is 0 Å². The topological polar surface area (TPSA) is 99.5 Å². The maximum Gasteiger partial charge on any atom is 0.276 e. The first-order valence-electron chi connectivity index (χ1n) is 8.13. The zero-order valence-corrected chi connectivity index (χ0v) is 15.7. The van der Waals surface area contributed by atoms with Gasteiger partial charge in [0.25, 0.3) is 5.91 Å². The van der Waals surface area contributed by atoms with Gasteiger partial charge in [0.05, 0.1) is 37.5 Å². The molecule has 1 N–H and O–H groups in total. The molecular weight excluding hydrogens is 358 g/mol. The molecule has 0 saturated carbocycles. The van der Waals surface area contributed by atoms with Crippen LogP contribution in [0.15, 0.2) is 24.3 Å². The van der Waals surface area contributed by atoms with Gasteiger partial charge in [0.15, 0.2) is 15.5 Å². The predicted molar refractivity (Wildman–Crippen MR) is 96.8 cm³/mol. The Morgan fingerprint density at radius 2 is 2.04 bits per heavy atom. The van der Waals surface area contributed by atoms with Gasteiger partial charge in [0.2, 0.25) is 0 Å². The van der Waals surface area contributed by atoms with E-state index in [2.05, 4.69) is 10.4 Å². The van der Waals surface area contributed by atoms with Gasteiger partial charge in [-0.2, -0.15) is 5.10 Å². The summed E-state index contributed by atoms with van der Waals surface area (Å²) in [5, 5.41) is 7.08. The number of aryl methyl sites for hydroxylation is 1. The fraction of sp³-hybridized carbons (Fsp3) is 0.412. The molecule has 1 aromatic heterocycles. The monoisotopic (exact) mass is 379 g/mol. The summed E-state index contributed by atoms with van der Waals surface area (Å²) in [6, 6.07) is 6.50. The molecule has 1 aliphatic heterocycles. The molecule has 2 aromatic rings. The van der Waals surface area contributed by atoms with E-state index in [1.54, 1.807) is 35.9 Å². The van der Waals surface area contributed by atoms with Gasteiger partial charge in [-0.3, -0.25) is 9.48 Å². The van der Waals surface area contributed by atoms with Gasteiger partial charge in [-0.05, 0) is 31.5 Å². The average Bonchev–Trinajstić information content (AvgIpc) is 3.16. The zero-order valence-electron chi connectivity index (χ0n) is 14.9. The molecule has 1 fully saturated rings.